The number of hydrogen-bond donors (Lipinski definition) is 2. The number of amides is 1. The number of fused-ring (bicyclic) bond motifs is 1. The Morgan fingerprint density at radius 2 is 2.07 bits per heavy atom. The van der Waals surface area contributed by atoms with Crippen molar-refractivity contribution in [3.63, 3.8) is 0 Å². The van der Waals surface area contributed by atoms with Crippen LogP contribution in [0.2, 0.25) is 0 Å². The van der Waals surface area contributed by atoms with Gasteiger partial charge < -0.3 is 15.6 Å². The van der Waals surface area contributed by atoms with Crippen LogP contribution < -0.4 is 11.1 Å². The molecule has 28 heavy (non-hydrogen) atoms. The smallest absolute Gasteiger partial charge is 0.259 e. The zero-order valence-corrected chi connectivity index (χ0v) is 18.1. The van der Waals surface area contributed by atoms with E-state index in [1.165, 1.54) is 4.88 Å². The van der Waals surface area contributed by atoms with E-state index < -0.39 is 5.54 Å². The number of nitrogens with two attached hydrogens (primary N) is 1. The fourth-order valence-electron chi connectivity index (χ4n) is 3.66. The van der Waals surface area contributed by atoms with E-state index in [1.54, 1.807) is 11.3 Å². The number of aromatic nitrogens is 2. The molecule has 6 nitrogen and oxygen atoms in total. The number of carbonyl (C=O) groups excluding carboxylic acids is 1. The average Bonchev–Trinajstić information content (AvgIpc) is 3.36. The summed E-state index contributed by atoms with van der Waals surface area (Å²) in [5.74, 6) is 0.285. The van der Waals surface area contributed by atoms with Gasteiger partial charge in [-0.3, -0.25) is 4.79 Å². The highest BCUT2D eigenvalue weighted by Crippen LogP contribution is 2.39. The van der Waals surface area contributed by atoms with Crippen LogP contribution >= 0.6 is 23.7 Å². The Kier molecular flexibility index (Phi) is 5.53. The van der Waals surface area contributed by atoms with Crippen molar-refractivity contribution in [2.24, 2.45) is 11.7 Å². The number of thiophene rings is 1. The molecule has 0 spiro atoms. The summed E-state index contributed by atoms with van der Waals surface area (Å²) in [6.07, 6.45) is 2.20. The number of pyridine rings is 1. The summed E-state index contributed by atoms with van der Waals surface area (Å²) >= 11 is 1.71. The second-order valence-corrected chi connectivity index (χ2v) is 9.14. The van der Waals surface area contributed by atoms with Gasteiger partial charge >= 0.3 is 0 Å². The molecule has 3 N–H and O–H groups in total. The van der Waals surface area contributed by atoms with Crippen LogP contribution in [0.25, 0.3) is 22.4 Å². The molecule has 0 radical (unpaired) electrons. The van der Waals surface area contributed by atoms with Crippen LogP contribution in [-0.4, -0.2) is 28.1 Å². The molecule has 1 aliphatic rings. The SMILES string of the molecule is Cc1cc(-c2cc(C(=O)NC(C)(CN)C3CC3)c3c(C)noc3n2)c(C)s1.Cl. The van der Waals surface area contributed by atoms with Gasteiger partial charge in [-0.25, -0.2) is 4.98 Å². The largest absolute Gasteiger partial charge is 0.345 e. The van der Waals surface area contributed by atoms with Crippen LogP contribution in [0.1, 0.15) is 45.6 Å². The van der Waals surface area contributed by atoms with Gasteiger partial charge in [0, 0.05) is 21.9 Å². The first-order valence-electron chi connectivity index (χ1n) is 9.19. The van der Waals surface area contributed by atoms with Crippen LogP contribution in [0.3, 0.4) is 0 Å². The number of aryl methyl sites for hydroxylation is 3. The van der Waals surface area contributed by atoms with E-state index in [9.17, 15) is 4.79 Å². The Labute approximate surface area is 174 Å². The molecule has 1 atom stereocenters. The molecular weight excluding hydrogens is 396 g/mol. The molecule has 0 aliphatic heterocycles. The fraction of sp³-hybridized carbons (Fsp3) is 0.450. The van der Waals surface area contributed by atoms with E-state index in [-0.39, 0.29) is 18.3 Å². The summed E-state index contributed by atoms with van der Waals surface area (Å²) in [7, 11) is 0. The zero-order valence-electron chi connectivity index (χ0n) is 16.5. The van der Waals surface area contributed by atoms with Crippen molar-refractivity contribution in [1.82, 2.24) is 15.5 Å². The lowest BCUT2D eigenvalue weighted by Crippen LogP contribution is -2.53. The van der Waals surface area contributed by atoms with Gasteiger partial charge in [0.05, 0.1) is 27.9 Å². The molecule has 0 saturated heterocycles. The van der Waals surface area contributed by atoms with Crippen molar-refractivity contribution in [1.29, 1.82) is 0 Å². The quantitative estimate of drug-likeness (QED) is 0.646. The van der Waals surface area contributed by atoms with Crippen LogP contribution in [0, 0.1) is 26.7 Å². The lowest BCUT2D eigenvalue weighted by molar-refractivity contribution is 0.0899. The molecule has 1 unspecified atom stereocenters. The third-order valence-corrected chi connectivity index (χ3v) is 6.45. The number of nitrogens with zero attached hydrogens (tertiary/aromatic N) is 2. The summed E-state index contributed by atoms with van der Waals surface area (Å²) in [5.41, 5.74) is 8.92. The fourth-order valence-corrected chi connectivity index (χ4v) is 4.60. The second-order valence-electron chi connectivity index (χ2n) is 7.68. The first kappa shape index (κ1) is 20.8. The molecule has 4 rings (SSSR count). The highest BCUT2D eigenvalue weighted by atomic mass is 35.5. The van der Waals surface area contributed by atoms with E-state index in [1.807, 2.05) is 19.9 Å². The Bertz CT molecular complexity index is 1040. The van der Waals surface area contributed by atoms with Gasteiger partial charge in [-0.1, -0.05) is 5.16 Å². The van der Waals surface area contributed by atoms with E-state index in [0.717, 1.165) is 29.0 Å². The molecule has 1 fully saturated rings. The molecule has 3 aromatic rings. The predicted octanol–water partition coefficient (Wildman–Crippen LogP) is 4.16. The van der Waals surface area contributed by atoms with Gasteiger partial charge in [-0.2, -0.15) is 0 Å². The summed E-state index contributed by atoms with van der Waals surface area (Å²) in [6.45, 7) is 8.38. The molecule has 3 heterocycles. The Balaban J connectivity index is 0.00000225. The summed E-state index contributed by atoms with van der Waals surface area (Å²) < 4.78 is 5.40. The molecule has 3 aromatic heterocycles. The first-order chi connectivity index (χ1) is 12.8. The standard InChI is InChI=1S/C20H24N4O2S.ClH/c1-10-7-14(12(3)27-10)16-8-15(17-11(2)24-26-19(17)22-16)18(25)23-20(4,9-21)13-5-6-13;/h7-8,13H,5-6,9,21H2,1-4H3,(H,23,25);1H. The van der Waals surface area contributed by atoms with Crippen LogP contribution in [-0.2, 0) is 0 Å². The lowest BCUT2D eigenvalue weighted by atomic mass is 9.95. The van der Waals surface area contributed by atoms with Gasteiger partial charge in [0.25, 0.3) is 11.6 Å². The van der Waals surface area contributed by atoms with Gasteiger partial charge in [0.2, 0.25) is 0 Å². The Morgan fingerprint density at radius 1 is 1.36 bits per heavy atom. The lowest BCUT2D eigenvalue weighted by Gasteiger charge is -2.29. The zero-order chi connectivity index (χ0) is 19.3. The minimum atomic E-state index is -0.396. The molecular formula is C20H25ClN4O2S. The maximum absolute atomic E-state index is 13.2. The second kappa shape index (κ2) is 7.46. The van der Waals surface area contributed by atoms with E-state index in [2.05, 4.69) is 35.4 Å². The van der Waals surface area contributed by atoms with Crippen molar-refractivity contribution in [2.75, 3.05) is 6.54 Å². The number of hydrogen-bond acceptors (Lipinski definition) is 6. The normalized spacial score (nSPS) is 15.9. The van der Waals surface area contributed by atoms with E-state index >= 15 is 0 Å². The molecule has 8 heteroatoms. The van der Waals surface area contributed by atoms with Crippen LogP contribution in [0.4, 0.5) is 0 Å². The summed E-state index contributed by atoms with van der Waals surface area (Å²) in [5, 5.41) is 7.86. The topological polar surface area (TPSA) is 94.0 Å². The Morgan fingerprint density at radius 3 is 2.64 bits per heavy atom. The van der Waals surface area contributed by atoms with Crippen molar-refractivity contribution in [3.8, 4) is 11.3 Å². The minimum Gasteiger partial charge on any atom is -0.345 e. The highest BCUT2D eigenvalue weighted by Gasteiger charge is 2.42. The predicted molar refractivity (Wildman–Crippen MR) is 114 cm³/mol. The number of halogens is 1. The molecule has 1 aliphatic carbocycles. The first-order valence-corrected chi connectivity index (χ1v) is 10.0. The monoisotopic (exact) mass is 420 g/mol. The third kappa shape index (κ3) is 3.54. The van der Waals surface area contributed by atoms with Crippen molar-refractivity contribution in [3.05, 3.63) is 33.1 Å². The maximum atomic E-state index is 13.2. The van der Waals surface area contributed by atoms with E-state index in [0.29, 0.717) is 34.8 Å². The molecule has 0 aromatic carbocycles. The van der Waals surface area contributed by atoms with Crippen LogP contribution in [0.5, 0.6) is 0 Å². The third-order valence-electron chi connectivity index (χ3n) is 5.48. The number of nitrogens with one attached hydrogen (secondary N) is 1. The molecule has 1 saturated carbocycles. The minimum absolute atomic E-state index is 0. The maximum Gasteiger partial charge on any atom is 0.259 e. The summed E-state index contributed by atoms with van der Waals surface area (Å²) in [6, 6.07) is 3.94. The number of rotatable bonds is 5. The molecule has 1 amide bonds. The van der Waals surface area contributed by atoms with Crippen molar-refractivity contribution in [2.45, 2.75) is 46.1 Å². The molecule has 150 valence electrons. The van der Waals surface area contributed by atoms with Gasteiger partial charge in [0.1, 0.15) is 0 Å². The Hall–Kier alpha value is -1.96. The van der Waals surface area contributed by atoms with Gasteiger partial charge in [0.15, 0.2) is 0 Å². The van der Waals surface area contributed by atoms with Crippen molar-refractivity contribution >= 4 is 40.8 Å². The average molecular weight is 421 g/mol. The summed E-state index contributed by atoms with van der Waals surface area (Å²) in [4.78, 5) is 20.2. The van der Waals surface area contributed by atoms with Gasteiger partial charge in [-0.15, -0.1) is 23.7 Å². The highest BCUT2D eigenvalue weighted by molar-refractivity contribution is 7.12. The molecule has 0 bridgehead atoms. The van der Waals surface area contributed by atoms with Gasteiger partial charge in [-0.05, 0) is 58.6 Å². The van der Waals surface area contributed by atoms with E-state index in [4.69, 9.17) is 10.3 Å². The van der Waals surface area contributed by atoms with Crippen molar-refractivity contribution < 1.29 is 9.32 Å². The van der Waals surface area contributed by atoms with Crippen LogP contribution in [0.15, 0.2) is 16.7 Å². The number of carbonyl (C=O) groups is 1.